The third-order valence-electron chi connectivity index (χ3n) is 3.16. The smallest absolute Gasteiger partial charge is 0.0564 e. The summed E-state index contributed by atoms with van der Waals surface area (Å²) in [5.74, 6) is 0. The summed E-state index contributed by atoms with van der Waals surface area (Å²) in [6.45, 7) is 5.57. The number of nitrogens with zero attached hydrogens (tertiary/aromatic N) is 2. The van der Waals surface area contributed by atoms with Crippen LogP contribution >= 0.6 is 15.9 Å². The Morgan fingerprint density at radius 2 is 2.41 bits per heavy atom. The summed E-state index contributed by atoms with van der Waals surface area (Å²) in [7, 11) is 0. The predicted octanol–water partition coefficient (Wildman–Crippen LogP) is 2.81. The first kappa shape index (κ1) is 12.8. The number of halogens is 1. The molecule has 1 atom stereocenters. The summed E-state index contributed by atoms with van der Waals surface area (Å²) >= 11 is 3.48. The van der Waals surface area contributed by atoms with E-state index in [-0.39, 0.29) is 0 Å². The van der Waals surface area contributed by atoms with E-state index < -0.39 is 0 Å². The molecule has 1 unspecified atom stereocenters. The fourth-order valence-corrected chi connectivity index (χ4v) is 2.65. The van der Waals surface area contributed by atoms with Gasteiger partial charge in [0.25, 0.3) is 0 Å². The van der Waals surface area contributed by atoms with E-state index in [0.717, 1.165) is 24.1 Å². The Bertz CT molecular complexity index is 356. The summed E-state index contributed by atoms with van der Waals surface area (Å²) in [5, 5.41) is 3.61. The lowest BCUT2D eigenvalue weighted by molar-refractivity contribution is 0.423. The van der Waals surface area contributed by atoms with Gasteiger partial charge in [0, 0.05) is 29.8 Å². The van der Waals surface area contributed by atoms with Crippen LogP contribution in [0.1, 0.15) is 26.2 Å². The largest absolute Gasteiger partial charge is 0.369 e. The van der Waals surface area contributed by atoms with E-state index in [2.05, 4.69) is 44.1 Å². The number of anilines is 1. The molecule has 17 heavy (non-hydrogen) atoms. The Morgan fingerprint density at radius 3 is 3.18 bits per heavy atom. The van der Waals surface area contributed by atoms with E-state index in [9.17, 15) is 0 Å². The minimum absolute atomic E-state index is 0.627. The third-order valence-corrected chi connectivity index (χ3v) is 3.59. The summed E-state index contributed by atoms with van der Waals surface area (Å²) in [5.41, 5.74) is 1.22. The van der Waals surface area contributed by atoms with Gasteiger partial charge >= 0.3 is 0 Å². The van der Waals surface area contributed by atoms with Crippen LogP contribution in [-0.2, 0) is 0 Å². The van der Waals surface area contributed by atoms with Crippen molar-refractivity contribution in [3.8, 4) is 0 Å². The van der Waals surface area contributed by atoms with E-state index in [1.807, 2.05) is 12.4 Å². The van der Waals surface area contributed by atoms with E-state index in [1.165, 1.54) is 24.9 Å². The first-order valence-corrected chi connectivity index (χ1v) is 7.17. The van der Waals surface area contributed by atoms with Crippen molar-refractivity contribution in [2.45, 2.75) is 32.2 Å². The lowest BCUT2D eigenvalue weighted by atomic mass is 10.1. The molecular formula is C13H20BrN3. The van der Waals surface area contributed by atoms with E-state index in [1.54, 1.807) is 0 Å². The van der Waals surface area contributed by atoms with Crippen LogP contribution < -0.4 is 10.2 Å². The molecule has 2 rings (SSSR count). The third kappa shape index (κ3) is 3.68. The molecule has 94 valence electrons. The van der Waals surface area contributed by atoms with Crippen molar-refractivity contribution in [1.29, 1.82) is 0 Å². The zero-order valence-electron chi connectivity index (χ0n) is 10.3. The summed E-state index contributed by atoms with van der Waals surface area (Å²) in [6.07, 6.45) is 7.54. The van der Waals surface area contributed by atoms with Crippen molar-refractivity contribution in [3.05, 3.63) is 22.9 Å². The second kappa shape index (κ2) is 6.36. The monoisotopic (exact) mass is 297 g/mol. The van der Waals surface area contributed by atoms with Gasteiger partial charge in [0.2, 0.25) is 0 Å². The van der Waals surface area contributed by atoms with Gasteiger partial charge in [-0.3, -0.25) is 4.98 Å². The number of aromatic nitrogens is 1. The fourth-order valence-electron chi connectivity index (χ4n) is 2.30. The highest BCUT2D eigenvalue weighted by Gasteiger charge is 2.19. The van der Waals surface area contributed by atoms with Crippen LogP contribution in [0.3, 0.4) is 0 Å². The first-order valence-electron chi connectivity index (χ1n) is 6.38. The number of piperidine rings is 1. The van der Waals surface area contributed by atoms with Crippen molar-refractivity contribution in [2.75, 3.05) is 24.5 Å². The molecule has 1 fully saturated rings. The molecule has 3 nitrogen and oxygen atoms in total. The topological polar surface area (TPSA) is 28.2 Å². The summed E-state index contributed by atoms with van der Waals surface area (Å²) < 4.78 is 1.05. The Labute approximate surface area is 112 Å². The van der Waals surface area contributed by atoms with Gasteiger partial charge in [0.05, 0.1) is 11.9 Å². The Morgan fingerprint density at radius 1 is 1.53 bits per heavy atom. The molecule has 1 N–H and O–H groups in total. The average molecular weight is 298 g/mol. The van der Waals surface area contributed by atoms with E-state index in [0.29, 0.717) is 6.04 Å². The summed E-state index contributed by atoms with van der Waals surface area (Å²) in [6, 6.07) is 2.78. The van der Waals surface area contributed by atoms with Gasteiger partial charge in [0.1, 0.15) is 0 Å². The molecular weight excluding hydrogens is 278 g/mol. The van der Waals surface area contributed by atoms with Crippen molar-refractivity contribution in [1.82, 2.24) is 10.3 Å². The first-order chi connectivity index (χ1) is 8.29. The van der Waals surface area contributed by atoms with E-state index >= 15 is 0 Å². The van der Waals surface area contributed by atoms with Crippen LogP contribution in [-0.4, -0.2) is 30.7 Å². The van der Waals surface area contributed by atoms with Gasteiger partial charge in [-0.15, -0.1) is 0 Å². The highest BCUT2D eigenvalue weighted by Crippen LogP contribution is 2.22. The van der Waals surface area contributed by atoms with Crippen LogP contribution in [0, 0.1) is 0 Å². The van der Waals surface area contributed by atoms with Gasteiger partial charge in [-0.1, -0.05) is 6.92 Å². The van der Waals surface area contributed by atoms with Crippen LogP contribution in [0.15, 0.2) is 22.9 Å². The molecule has 2 heterocycles. The highest BCUT2D eigenvalue weighted by molar-refractivity contribution is 9.10. The number of hydrogen-bond acceptors (Lipinski definition) is 3. The molecule has 0 amide bonds. The van der Waals surface area contributed by atoms with Gasteiger partial charge in [0.15, 0.2) is 0 Å². The highest BCUT2D eigenvalue weighted by atomic mass is 79.9. The predicted molar refractivity (Wildman–Crippen MR) is 75.5 cm³/mol. The molecule has 1 aliphatic heterocycles. The van der Waals surface area contributed by atoms with Crippen LogP contribution in [0.5, 0.6) is 0 Å². The van der Waals surface area contributed by atoms with Gasteiger partial charge in [-0.05, 0) is 47.8 Å². The minimum atomic E-state index is 0.627. The van der Waals surface area contributed by atoms with Crippen molar-refractivity contribution < 1.29 is 0 Å². The lowest BCUT2D eigenvalue weighted by Gasteiger charge is -2.34. The van der Waals surface area contributed by atoms with Gasteiger partial charge in [-0.2, -0.15) is 0 Å². The average Bonchev–Trinajstić information content (AvgIpc) is 2.37. The number of pyridine rings is 1. The molecule has 0 radical (unpaired) electrons. The maximum Gasteiger partial charge on any atom is 0.0564 e. The second-order valence-corrected chi connectivity index (χ2v) is 5.52. The maximum absolute atomic E-state index is 4.24. The summed E-state index contributed by atoms with van der Waals surface area (Å²) in [4.78, 5) is 6.66. The molecule has 1 aromatic heterocycles. The molecule has 1 saturated heterocycles. The number of nitrogens with one attached hydrogen (secondary N) is 1. The molecule has 1 aromatic rings. The molecule has 0 bridgehead atoms. The molecule has 0 aliphatic carbocycles. The Kier molecular flexibility index (Phi) is 4.80. The van der Waals surface area contributed by atoms with Gasteiger partial charge in [-0.25, -0.2) is 0 Å². The normalized spacial score (nSPS) is 20.6. The van der Waals surface area contributed by atoms with Gasteiger partial charge < -0.3 is 10.2 Å². The second-order valence-electron chi connectivity index (χ2n) is 4.60. The van der Waals surface area contributed by atoms with Crippen molar-refractivity contribution >= 4 is 21.6 Å². The van der Waals surface area contributed by atoms with Crippen LogP contribution in [0.4, 0.5) is 5.69 Å². The van der Waals surface area contributed by atoms with Crippen LogP contribution in [0.2, 0.25) is 0 Å². The zero-order chi connectivity index (χ0) is 12.1. The lowest BCUT2D eigenvalue weighted by Crippen LogP contribution is -2.46. The molecule has 0 spiro atoms. The van der Waals surface area contributed by atoms with Crippen LogP contribution in [0.25, 0.3) is 0 Å². The minimum Gasteiger partial charge on any atom is -0.369 e. The Balaban J connectivity index is 1.97. The quantitative estimate of drug-likeness (QED) is 0.926. The SMILES string of the molecule is CCCNC1CCCN(c2cncc(Br)c2)C1. The molecule has 0 saturated carbocycles. The maximum atomic E-state index is 4.24. The van der Waals surface area contributed by atoms with E-state index in [4.69, 9.17) is 0 Å². The number of hydrogen-bond donors (Lipinski definition) is 1. The molecule has 4 heteroatoms. The molecule has 1 aliphatic rings. The fraction of sp³-hybridized carbons (Fsp3) is 0.615. The zero-order valence-corrected chi connectivity index (χ0v) is 11.9. The number of rotatable bonds is 4. The Hall–Kier alpha value is -0.610. The molecule has 0 aromatic carbocycles. The van der Waals surface area contributed by atoms with Crippen molar-refractivity contribution in [3.63, 3.8) is 0 Å². The standard InChI is InChI=1S/C13H20BrN3/c1-2-5-16-12-4-3-6-17(10-12)13-7-11(14)8-15-9-13/h7-9,12,16H,2-6,10H2,1H3. The van der Waals surface area contributed by atoms with Crippen molar-refractivity contribution in [2.24, 2.45) is 0 Å².